The maximum atomic E-state index is 3.57. The van der Waals surface area contributed by atoms with Gasteiger partial charge in [0.25, 0.3) is 0 Å². The van der Waals surface area contributed by atoms with Gasteiger partial charge in [-0.3, -0.25) is 0 Å². The molecule has 1 heterocycles. The Hall–Kier alpha value is -0.0800. The van der Waals surface area contributed by atoms with E-state index in [1.165, 1.54) is 45.2 Å². The zero-order valence-electron chi connectivity index (χ0n) is 10.1. The largest absolute Gasteiger partial charge is 0.313 e. The molecule has 84 valence electrons. The normalized spacial score (nSPS) is 24.4. The van der Waals surface area contributed by atoms with Crippen molar-refractivity contribution in [3.63, 3.8) is 0 Å². The van der Waals surface area contributed by atoms with Crippen LogP contribution in [0.15, 0.2) is 0 Å². The van der Waals surface area contributed by atoms with Crippen LogP contribution in [0, 0.1) is 0 Å². The molecule has 0 aromatic heterocycles. The van der Waals surface area contributed by atoms with Crippen molar-refractivity contribution in [1.82, 2.24) is 10.2 Å². The third-order valence-electron chi connectivity index (χ3n) is 3.39. The lowest BCUT2D eigenvalue weighted by Crippen LogP contribution is -2.40. The third kappa shape index (κ3) is 3.58. The van der Waals surface area contributed by atoms with E-state index >= 15 is 0 Å². The second-order valence-electron chi connectivity index (χ2n) is 4.58. The molecule has 1 rings (SSSR count). The van der Waals surface area contributed by atoms with Gasteiger partial charge < -0.3 is 10.2 Å². The van der Waals surface area contributed by atoms with E-state index in [4.69, 9.17) is 0 Å². The van der Waals surface area contributed by atoms with Crippen LogP contribution < -0.4 is 5.32 Å². The Balaban J connectivity index is 2.26. The van der Waals surface area contributed by atoms with E-state index in [1.54, 1.807) is 0 Å². The van der Waals surface area contributed by atoms with Crippen LogP contribution in [0.4, 0.5) is 0 Å². The van der Waals surface area contributed by atoms with Gasteiger partial charge in [0.15, 0.2) is 0 Å². The number of nitrogens with zero attached hydrogens (tertiary/aromatic N) is 1. The van der Waals surface area contributed by atoms with Gasteiger partial charge in [-0.2, -0.15) is 0 Å². The molecule has 1 aliphatic rings. The zero-order valence-corrected chi connectivity index (χ0v) is 10.1. The summed E-state index contributed by atoms with van der Waals surface area (Å²) < 4.78 is 0. The van der Waals surface area contributed by atoms with Crippen molar-refractivity contribution in [2.24, 2.45) is 0 Å². The van der Waals surface area contributed by atoms with Crippen LogP contribution >= 0.6 is 0 Å². The molecule has 1 fully saturated rings. The van der Waals surface area contributed by atoms with Crippen molar-refractivity contribution in [1.29, 1.82) is 0 Å². The topological polar surface area (TPSA) is 15.3 Å². The molecule has 0 amide bonds. The van der Waals surface area contributed by atoms with Crippen molar-refractivity contribution in [3.8, 4) is 0 Å². The summed E-state index contributed by atoms with van der Waals surface area (Å²) in [5.41, 5.74) is 0. The van der Waals surface area contributed by atoms with E-state index in [1.807, 2.05) is 0 Å². The minimum Gasteiger partial charge on any atom is -0.313 e. The van der Waals surface area contributed by atoms with E-state index in [-0.39, 0.29) is 0 Å². The monoisotopic (exact) mass is 198 g/mol. The van der Waals surface area contributed by atoms with Crippen LogP contribution in [-0.2, 0) is 0 Å². The molecular weight excluding hydrogens is 172 g/mol. The SMILES string of the molecule is CCCC(CC)N(C)CC1CCCN1. The van der Waals surface area contributed by atoms with Crippen LogP contribution in [0.5, 0.6) is 0 Å². The number of hydrogen-bond donors (Lipinski definition) is 1. The fraction of sp³-hybridized carbons (Fsp3) is 1.00. The maximum absolute atomic E-state index is 3.57. The standard InChI is InChI=1S/C12H26N2/c1-4-7-12(5-2)14(3)10-11-8-6-9-13-11/h11-13H,4-10H2,1-3H3. The summed E-state index contributed by atoms with van der Waals surface area (Å²) in [6.45, 7) is 7.05. The van der Waals surface area contributed by atoms with Crippen LogP contribution in [0.2, 0.25) is 0 Å². The molecule has 0 radical (unpaired) electrons. The molecule has 0 aromatic rings. The molecule has 0 aliphatic carbocycles. The van der Waals surface area contributed by atoms with Crippen molar-refractivity contribution < 1.29 is 0 Å². The van der Waals surface area contributed by atoms with Gasteiger partial charge in [0.05, 0.1) is 0 Å². The number of nitrogens with one attached hydrogen (secondary N) is 1. The highest BCUT2D eigenvalue weighted by Crippen LogP contribution is 2.12. The Morgan fingerprint density at radius 2 is 2.21 bits per heavy atom. The molecule has 2 nitrogen and oxygen atoms in total. The lowest BCUT2D eigenvalue weighted by molar-refractivity contribution is 0.205. The average molecular weight is 198 g/mol. The second-order valence-corrected chi connectivity index (χ2v) is 4.58. The molecule has 0 saturated carbocycles. The third-order valence-corrected chi connectivity index (χ3v) is 3.39. The van der Waals surface area contributed by atoms with Crippen molar-refractivity contribution >= 4 is 0 Å². The van der Waals surface area contributed by atoms with E-state index < -0.39 is 0 Å². The highest BCUT2D eigenvalue weighted by Gasteiger charge is 2.19. The zero-order chi connectivity index (χ0) is 10.4. The van der Waals surface area contributed by atoms with Crippen molar-refractivity contribution in [2.45, 2.75) is 58.0 Å². The van der Waals surface area contributed by atoms with Gasteiger partial charge in [-0.05, 0) is 39.3 Å². The summed E-state index contributed by atoms with van der Waals surface area (Å²) in [6, 6.07) is 1.55. The predicted octanol–water partition coefficient (Wildman–Crippen LogP) is 2.25. The fourth-order valence-corrected chi connectivity index (χ4v) is 2.48. The highest BCUT2D eigenvalue weighted by atomic mass is 15.2. The van der Waals surface area contributed by atoms with Crippen LogP contribution in [0.1, 0.15) is 46.0 Å². The van der Waals surface area contributed by atoms with Gasteiger partial charge >= 0.3 is 0 Å². The lowest BCUT2D eigenvalue weighted by Gasteiger charge is -2.29. The van der Waals surface area contributed by atoms with E-state index in [0.29, 0.717) is 0 Å². The van der Waals surface area contributed by atoms with Crippen LogP contribution in [0.25, 0.3) is 0 Å². The van der Waals surface area contributed by atoms with Gasteiger partial charge in [-0.1, -0.05) is 20.3 Å². The van der Waals surface area contributed by atoms with E-state index in [2.05, 4.69) is 31.1 Å². The van der Waals surface area contributed by atoms with E-state index in [9.17, 15) is 0 Å². The van der Waals surface area contributed by atoms with Crippen molar-refractivity contribution in [2.75, 3.05) is 20.1 Å². The Morgan fingerprint density at radius 3 is 2.71 bits per heavy atom. The molecule has 1 N–H and O–H groups in total. The number of rotatable bonds is 6. The molecule has 0 bridgehead atoms. The molecule has 1 aliphatic heterocycles. The average Bonchev–Trinajstić information content (AvgIpc) is 2.66. The first-order chi connectivity index (χ1) is 6.77. The number of likely N-dealkylation sites (N-methyl/N-ethyl adjacent to an activating group) is 1. The molecule has 1 saturated heterocycles. The Bertz CT molecular complexity index is 141. The smallest absolute Gasteiger partial charge is 0.0195 e. The molecular formula is C12H26N2. The number of hydrogen-bond acceptors (Lipinski definition) is 2. The quantitative estimate of drug-likeness (QED) is 0.704. The first kappa shape index (κ1) is 12.0. The Morgan fingerprint density at radius 1 is 1.43 bits per heavy atom. The van der Waals surface area contributed by atoms with Gasteiger partial charge in [-0.15, -0.1) is 0 Å². The molecule has 0 spiro atoms. The summed E-state index contributed by atoms with van der Waals surface area (Å²) >= 11 is 0. The van der Waals surface area contributed by atoms with Gasteiger partial charge in [0.2, 0.25) is 0 Å². The molecule has 2 unspecified atom stereocenters. The predicted molar refractivity (Wildman–Crippen MR) is 62.6 cm³/mol. The molecule has 2 atom stereocenters. The van der Waals surface area contributed by atoms with Gasteiger partial charge in [-0.25, -0.2) is 0 Å². The van der Waals surface area contributed by atoms with Crippen molar-refractivity contribution in [3.05, 3.63) is 0 Å². The van der Waals surface area contributed by atoms with Gasteiger partial charge in [0, 0.05) is 18.6 Å². The molecule has 14 heavy (non-hydrogen) atoms. The van der Waals surface area contributed by atoms with Crippen LogP contribution in [0.3, 0.4) is 0 Å². The fourth-order valence-electron chi connectivity index (χ4n) is 2.48. The minimum absolute atomic E-state index is 0.755. The summed E-state index contributed by atoms with van der Waals surface area (Å²) in [4.78, 5) is 2.55. The highest BCUT2D eigenvalue weighted by molar-refractivity contribution is 4.79. The first-order valence-corrected chi connectivity index (χ1v) is 6.21. The van der Waals surface area contributed by atoms with Crippen LogP contribution in [-0.4, -0.2) is 37.1 Å². The molecule has 0 aromatic carbocycles. The Kier molecular flexibility index (Phi) is 5.49. The van der Waals surface area contributed by atoms with E-state index in [0.717, 1.165) is 12.1 Å². The summed E-state index contributed by atoms with van der Waals surface area (Å²) in [7, 11) is 2.28. The minimum atomic E-state index is 0.755. The summed E-state index contributed by atoms with van der Waals surface area (Å²) in [6.07, 6.45) is 6.67. The maximum Gasteiger partial charge on any atom is 0.0195 e. The first-order valence-electron chi connectivity index (χ1n) is 6.21. The van der Waals surface area contributed by atoms with Gasteiger partial charge in [0.1, 0.15) is 0 Å². The molecule has 2 heteroatoms. The lowest BCUT2D eigenvalue weighted by atomic mass is 10.1. The summed E-state index contributed by atoms with van der Waals surface area (Å²) in [5, 5.41) is 3.57. The summed E-state index contributed by atoms with van der Waals surface area (Å²) in [5.74, 6) is 0. The second kappa shape index (κ2) is 6.41. The Labute approximate surface area is 89.1 Å².